The molecular formula is C19H24N4O. The molecule has 0 unspecified atom stereocenters. The minimum Gasteiger partial charge on any atom is -0.352 e. The Bertz CT molecular complexity index is 729. The number of aryl methyl sites for hydroxylation is 2. The molecule has 1 N–H and O–H groups in total. The van der Waals surface area contributed by atoms with Gasteiger partial charge < -0.3 is 5.32 Å². The molecule has 1 amide bonds. The van der Waals surface area contributed by atoms with Crippen LogP contribution in [0.1, 0.15) is 41.9 Å². The zero-order valence-corrected chi connectivity index (χ0v) is 14.3. The Morgan fingerprint density at radius 3 is 2.50 bits per heavy atom. The minimum absolute atomic E-state index is 0.135. The van der Waals surface area contributed by atoms with Crippen molar-refractivity contribution in [2.24, 2.45) is 0 Å². The number of rotatable bonds is 5. The van der Waals surface area contributed by atoms with E-state index in [9.17, 15) is 4.79 Å². The van der Waals surface area contributed by atoms with Gasteiger partial charge in [0.05, 0.1) is 11.7 Å². The molecule has 1 saturated heterocycles. The van der Waals surface area contributed by atoms with E-state index >= 15 is 0 Å². The van der Waals surface area contributed by atoms with Crippen molar-refractivity contribution in [3.05, 3.63) is 53.3 Å². The van der Waals surface area contributed by atoms with Crippen LogP contribution in [0.2, 0.25) is 0 Å². The van der Waals surface area contributed by atoms with Gasteiger partial charge >= 0.3 is 0 Å². The Balaban J connectivity index is 1.50. The maximum Gasteiger partial charge on any atom is 0.242 e. The largest absolute Gasteiger partial charge is 0.352 e. The molecular weight excluding hydrogens is 300 g/mol. The first kappa shape index (κ1) is 15.4. The smallest absolute Gasteiger partial charge is 0.242 e. The topological polar surface area (TPSA) is 50.2 Å². The van der Waals surface area contributed by atoms with Crippen molar-refractivity contribution in [2.45, 2.75) is 44.8 Å². The summed E-state index contributed by atoms with van der Waals surface area (Å²) in [5, 5.41) is 7.76. The van der Waals surface area contributed by atoms with Crippen molar-refractivity contribution in [1.82, 2.24) is 20.0 Å². The number of likely N-dealkylation sites (tertiary alicyclic amines) is 1. The van der Waals surface area contributed by atoms with Crippen molar-refractivity contribution in [3.8, 4) is 0 Å². The molecule has 1 saturated carbocycles. The van der Waals surface area contributed by atoms with Crippen molar-refractivity contribution >= 4 is 5.91 Å². The molecule has 24 heavy (non-hydrogen) atoms. The van der Waals surface area contributed by atoms with Crippen molar-refractivity contribution < 1.29 is 4.79 Å². The van der Waals surface area contributed by atoms with Crippen molar-refractivity contribution in [1.29, 1.82) is 0 Å². The normalized spacial score (nSPS) is 19.8. The molecule has 0 spiro atoms. The number of carbonyl (C=O) groups is 1. The summed E-state index contributed by atoms with van der Waals surface area (Å²) in [6, 6.07) is 12.8. The number of aromatic nitrogens is 2. The van der Waals surface area contributed by atoms with Gasteiger partial charge in [-0.15, -0.1) is 0 Å². The third-order valence-electron chi connectivity index (χ3n) is 4.93. The number of amides is 1. The number of hydrogen-bond acceptors (Lipinski definition) is 3. The van der Waals surface area contributed by atoms with Crippen LogP contribution in [0.25, 0.3) is 0 Å². The molecule has 2 fully saturated rings. The predicted molar refractivity (Wildman–Crippen MR) is 92.7 cm³/mol. The molecule has 5 nitrogen and oxygen atoms in total. The molecule has 1 atom stereocenters. The second kappa shape index (κ2) is 6.06. The molecule has 1 aromatic heterocycles. The first-order valence-corrected chi connectivity index (χ1v) is 8.74. The van der Waals surface area contributed by atoms with Gasteiger partial charge in [0.25, 0.3) is 0 Å². The third-order valence-corrected chi connectivity index (χ3v) is 4.93. The summed E-state index contributed by atoms with van der Waals surface area (Å²) >= 11 is 0. The van der Waals surface area contributed by atoms with E-state index in [0.29, 0.717) is 12.1 Å². The molecule has 0 radical (unpaired) electrons. The summed E-state index contributed by atoms with van der Waals surface area (Å²) < 4.78 is 2.10. The number of hydrogen-bond donors (Lipinski definition) is 1. The second-order valence-electron chi connectivity index (χ2n) is 7.08. The van der Waals surface area contributed by atoms with Gasteiger partial charge in [0.2, 0.25) is 5.91 Å². The van der Waals surface area contributed by atoms with Gasteiger partial charge in [-0.25, -0.2) is 0 Å². The van der Waals surface area contributed by atoms with E-state index in [1.807, 2.05) is 37.3 Å². The fourth-order valence-electron chi connectivity index (χ4n) is 3.54. The molecule has 2 aliphatic rings. The van der Waals surface area contributed by atoms with Crippen LogP contribution in [0.4, 0.5) is 0 Å². The lowest BCUT2D eigenvalue weighted by Crippen LogP contribution is -2.53. The molecule has 4 rings (SSSR count). The quantitative estimate of drug-likeness (QED) is 0.919. The highest BCUT2D eigenvalue weighted by Crippen LogP contribution is 2.33. The third kappa shape index (κ3) is 2.96. The van der Waals surface area contributed by atoms with Gasteiger partial charge in [-0.3, -0.25) is 14.4 Å². The minimum atomic E-state index is -0.194. The van der Waals surface area contributed by atoms with Crippen LogP contribution in [-0.4, -0.2) is 39.7 Å². The first-order chi connectivity index (χ1) is 11.6. The molecule has 126 valence electrons. The highest BCUT2D eigenvalue weighted by Gasteiger charge is 2.39. The van der Waals surface area contributed by atoms with E-state index in [4.69, 9.17) is 0 Å². The van der Waals surface area contributed by atoms with Crippen LogP contribution in [-0.2, 0) is 4.79 Å². The Morgan fingerprint density at radius 1 is 1.21 bits per heavy atom. The fraction of sp³-hybridized carbons (Fsp3) is 0.474. The monoisotopic (exact) mass is 324 g/mol. The van der Waals surface area contributed by atoms with Crippen LogP contribution in [0.5, 0.6) is 0 Å². The molecule has 5 heteroatoms. The van der Waals surface area contributed by atoms with E-state index in [-0.39, 0.29) is 11.9 Å². The standard InChI is InChI=1S/C19H24N4O/c1-13-10-14(2)23(21-13)17-11-22(12-17)18(15-6-4-3-5-7-15)19(24)20-16-8-9-16/h3-7,10,16-18H,8-9,11-12H2,1-2H3,(H,20,24)/t18-/m0/s1. The summed E-state index contributed by atoms with van der Waals surface area (Å²) in [5.74, 6) is 0.135. The summed E-state index contributed by atoms with van der Waals surface area (Å²) in [4.78, 5) is 15.0. The Hall–Kier alpha value is -2.14. The van der Waals surface area contributed by atoms with E-state index in [0.717, 1.165) is 37.2 Å². The highest BCUT2D eigenvalue weighted by molar-refractivity contribution is 5.83. The first-order valence-electron chi connectivity index (χ1n) is 8.74. The number of benzene rings is 1. The molecule has 2 heterocycles. The maximum atomic E-state index is 12.8. The molecule has 1 aliphatic heterocycles. The van der Waals surface area contributed by atoms with Gasteiger partial charge in [0.1, 0.15) is 6.04 Å². The van der Waals surface area contributed by atoms with Gasteiger partial charge in [-0.05, 0) is 38.3 Å². The number of carbonyl (C=O) groups excluding carboxylic acids is 1. The zero-order chi connectivity index (χ0) is 16.7. The SMILES string of the molecule is Cc1cc(C)n(C2CN([C@H](C(=O)NC3CC3)c3ccccc3)C2)n1. The van der Waals surface area contributed by atoms with Gasteiger partial charge in [-0.2, -0.15) is 5.10 Å². The van der Waals surface area contributed by atoms with Crippen LogP contribution >= 0.6 is 0 Å². The Kier molecular flexibility index (Phi) is 3.88. The predicted octanol–water partition coefficient (Wildman–Crippen LogP) is 2.38. The van der Waals surface area contributed by atoms with Crippen LogP contribution in [0.3, 0.4) is 0 Å². The molecule has 2 aromatic rings. The maximum absolute atomic E-state index is 12.8. The molecule has 1 aromatic carbocycles. The van der Waals surface area contributed by atoms with E-state index < -0.39 is 0 Å². The lowest BCUT2D eigenvalue weighted by Gasteiger charge is -2.44. The Labute approximate surface area is 142 Å². The average molecular weight is 324 g/mol. The van der Waals surface area contributed by atoms with Gasteiger partial charge in [0, 0.05) is 24.8 Å². The highest BCUT2D eigenvalue weighted by atomic mass is 16.2. The van der Waals surface area contributed by atoms with Crippen molar-refractivity contribution in [2.75, 3.05) is 13.1 Å². The summed E-state index contributed by atoms with van der Waals surface area (Å²) in [5.41, 5.74) is 3.32. The second-order valence-corrected chi connectivity index (χ2v) is 7.08. The van der Waals surface area contributed by atoms with Crippen LogP contribution in [0.15, 0.2) is 36.4 Å². The van der Waals surface area contributed by atoms with E-state index in [1.54, 1.807) is 0 Å². The van der Waals surface area contributed by atoms with E-state index in [1.165, 1.54) is 5.69 Å². The number of nitrogens with zero attached hydrogens (tertiary/aromatic N) is 3. The average Bonchev–Trinajstić information content (AvgIpc) is 3.27. The Morgan fingerprint density at radius 2 is 1.92 bits per heavy atom. The fourth-order valence-corrected chi connectivity index (χ4v) is 3.54. The van der Waals surface area contributed by atoms with Crippen LogP contribution in [0, 0.1) is 13.8 Å². The molecule has 0 bridgehead atoms. The summed E-state index contributed by atoms with van der Waals surface area (Å²) in [6.07, 6.45) is 2.23. The summed E-state index contributed by atoms with van der Waals surface area (Å²) in [7, 11) is 0. The van der Waals surface area contributed by atoms with Crippen LogP contribution < -0.4 is 5.32 Å². The van der Waals surface area contributed by atoms with Crippen molar-refractivity contribution in [3.63, 3.8) is 0 Å². The van der Waals surface area contributed by atoms with E-state index in [2.05, 4.69) is 33.0 Å². The lowest BCUT2D eigenvalue weighted by atomic mass is 9.98. The molecule has 1 aliphatic carbocycles. The summed E-state index contributed by atoms with van der Waals surface area (Å²) in [6.45, 7) is 5.84. The lowest BCUT2D eigenvalue weighted by molar-refractivity contribution is -0.129. The van der Waals surface area contributed by atoms with Gasteiger partial charge in [0.15, 0.2) is 0 Å². The number of nitrogens with one attached hydrogen (secondary N) is 1. The van der Waals surface area contributed by atoms with Gasteiger partial charge in [-0.1, -0.05) is 30.3 Å². The zero-order valence-electron chi connectivity index (χ0n) is 14.3.